The SMILES string of the molecule is Cc1ccc(CN)cc1N.Cl.Cl. The molecule has 0 spiro atoms. The fourth-order valence-electron chi connectivity index (χ4n) is 0.817. The molecule has 70 valence electrons. The van der Waals surface area contributed by atoms with E-state index in [1.54, 1.807) is 0 Å². The van der Waals surface area contributed by atoms with E-state index in [1.165, 1.54) is 0 Å². The van der Waals surface area contributed by atoms with E-state index in [4.69, 9.17) is 11.5 Å². The Kier molecular flexibility index (Phi) is 7.19. The second kappa shape index (κ2) is 6.12. The van der Waals surface area contributed by atoms with Crippen LogP contribution < -0.4 is 11.5 Å². The molecule has 2 nitrogen and oxygen atoms in total. The number of anilines is 1. The van der Waals surface area contributed by atoms with Crippen LogP contribution in [-0.4, -0.2) is 0 Å². The molecule has 1 aromatic rings. The third-order valence-corrected chi connectivity index (χ3v) is 1.58. The van der Waals surface area contributed by atoms with Crippen molar-refractivity contribution in [3.63, 3.8) is 0 Å². The van der Waals surface area contributed by atoms with Crippen molar-refractivity contribution in [2.24, 2.45) is 5.73 Å². The molecule has 1 rings (SSSR count). The first-order valence-corrected chi connectivity index (χ1v) is 3.29. The lowest BCUT2D eigenvalue weighted by Gasteiger charge is -2.01. The standard InChI is InChI=1S/C8H12N2.2ClH/c1-6-2-3-7(5-9)4-8(6)10;;/h2-4H,5,9-10H2,1H3;2*1H. The molecule has 0 bridgehead atoms. The number of halogens is 2. The zero-order valence-electron chi connectivity index (χ0n) is 6.91. The second-order valence-electron chi connectivity index (χ2n) is 2.40. The topological polar surface area (TPSA) is 52.0 Å². The maximum Gasteiger partial charge on any atom is 0.0346 e. The van der Waals surface area contributed by atoms with Gasteiger partial charge in [-0.1, -0.05) is 12.1 Å². The Morgan fingerprint density at radius 3 is 2.25 bits per heavy atom. The van der Waals surface area contributed by atoms with Crippen molar-refractivity contribution in [2.45, 2.75) is 13.5 Å². The Morgan fingerprint density at radius 2 is 1.83 bits per heavy atom. The van der Waals surface area contributed by atoms with Gasteiger partial charge in [0.15, 0.2) is 0 Å². The van der Waals surface area contributed by atoms with E-state index in [2.05, 4.69) is 0 Å². The largest absolute Gasteiger partial charge is 0.399 e. The van der Waals surface area contributed by atoms with Crippen LogP contribution in [0, 0.1) is 6.92 Å². The number of hydrogen-bond donors (Lipinski definition) is 2. The van der Waals surface area contributed by atoms with Crippen molar-refractivity contribution < 1.29 is 0 Å². The fourth-order valence-corrected chi connectivity index (χ4v) is 0.817. The summed E-state index contributed by atoms with van der Waals surface area (Å²) in [5.41, 5.74) is 14.1. The minimum atomic E-state index is 0. The molecule has 0 atom stereocenters. The molecule has 12 heavy (non-hydrogen) atoms. The molecule has 0 saturated heterocycles. The van der Waals surface area contributed by atoms with Crippen LogP contribution in [0.2, 0.25) is 0 Å². The van der Waals surface area contributed by atoms with Crippen LogP contribution in [-0.2, 0) is 6.54 Å². The van der Waals surface area contributed by atoms with Crippen molar-refractivity contribution in [3.8, 4) is 0 Å². The summed E-state index contributed by atoms with van der Waals surface area (Å²) in [6.07, 6.45) is 0. The van der Waals surface area contributed by atoms with E-state index in [0.29, 0.717) is 6.54 Å². The summed E-state index contributed by atoms with van der Waals surface area (Å²) >= 11 is 0. The van der Waals surface area contributed by atoms with Crippen molar-refractivity contribution in [1.82, 2.24) is 0 Å². The lowest BCUT2D eigenvalue weighted by Crippen LogP contribution is -1.98. The summed E-state index contributed by atoms with van der Waals surface area (Å²) in [4.78, 5) is 0. The van der Waals surface area contributed by atoms with Crippen LogP contribution >= 0.6 is 24.8 Å². The molecule has 0 aliphatic rings. The molecule has 0 saturated carbocycles. The molecular weight excluding hydrogens is 195 g/mol. The highest BCUT2D eigenvalue weighted by Gasteiger charge is 1.92. The minimum Gasteiger partial charge on any atom is -0.399 e. The predicted octanol–water partition coefficient (Wildman–Crippen LogP) is 1.88. The van der Waals surface area contributed by atoms with E-state index < -0.39 is 0 Å². The predicted molar refractivity (Wildman–Crippen MR) is 58.0 cm³/mol. The summed E-state index contributed by atoms with van der Waals surface area (Å²) in [6.45, 7) is 2.54. The van der Waals surface area contributed by atoms with Crippen LogP contribution in [0.15, 0.2) is 18.2 Å². The number of nitrogen functional groups attached to an aromatic ring is 1. The van der Waals surface area contributed by atoms with Crippen molar-refractivity contribution in [2.75, 3.05) is 5.73 Å². The molecule has 0 fully saturated rings. The van der Waals surface area contributed by atoms with Crippen LogP contribution in [0.5, 0.6) is 0 Å². The highest BCUT2D eigenvalue weighted by Crippen LogP contribution is 2.11. The molecule has 1 aromatic carbocycles. The van der Waals surface area contributed by atoms with E-state index in [9.17, 15) is 0 Å². The Bertz CT molecular complexity index is 238. The third kappa shape index (κ3) is 3.30. The normalized spacial score (nSPS) is 8.17. The van der Waals surface area contributed by atoms with Gasteiger partial charge in [0.25, 0.3) is 0 Å². The summed E-state index contributed by atoms with van der Waals surface area (Å²) in [7, 11) is 0. The van der Waals surface area contributed by atoms with Crippen molar-refractivity contribution in [1.29, 1.82) is 0 Å². The van der Waals surface area contributed by atoms with Gasteiger partial charge in [-0.15, -0.1) is 24.8 Å². The first-order valence-electron chi connectivity index (χ1n) is 3.29. The fraction of sp³-hybridized carbons (Fsp3) is 0.250. The van der Waals surface area contributed by atoms with Gasteiger partial charge < -0.3 is 11.5 Å². The minimum absolute atomic E-state index is 0. The zero-order chi connectivity index (χ0) is 7.56. The molecular formula is C8H14Cl2N2. The van der Waals surface area contributed by atoms with Gasteiger partial charge in [0.1, 0.15) is 0 Å². The maximum atomic E-state index is 5.64. The summed E-state index contributed by atoms with van der Waals surface area (Å²) in [6, 6.07) is 5.89. The van der Waals surface area contributed by atoms with E-state index in [-0.39, 0.29) is 24.8 Å². The Morgan fingerprint density at radius 1 is 1.25 bits per heavy atom. The van der Waals surface area contributed by atoms with E-state index >= 15 is 0 Å². The monoisotopic (exact) mass is 208 g/mol. The zero-order valence-corrected chi connectivity index (χ0v) is 8.54. The van der Waals surface area contributed by atoms with E-state index in [1.807, 2.05) is 25.1 Å². The summed E-state index contributed by atoms with van der Waals surface area (Å²) < 4.78 is 0. The van der Waals surface area contributed by atoms with Gasteiger partial charge in [0, 0.05) is 12.2 Å². The lowest BCUT2D eigenvalue weighted by atomic mass is 10.1. The molecule has 4 N–H and O–H groups in total. The summed E-state index contributed by atoms with van der Waals surface area (Å²) in [5.74, 6) is 0. The average molecular weight is 209 g/mol. The Hall–Kier alpha value is -0.440. The van der Waals surface area contributed by atoms with Gasteiger partial charge in [-0.05, 0) is 24.1 Å². The van der Waals surface area contributed by atoms with Crippen LogP contribution in [0.1, 0.15) is 11.1 Å². The number of aryl methyl sites for hydroxylation is 1. The molecule has 0 amide bonds. The van der Waals surface area contributed by atoms with Gasteiger partial charge in [-0.2, -0.15) is 0 Å². The Labute approximate surface area is 85.1 Å². The number of benzene rings is 1. The molecule has 0 aromatic heterocycles. The van der Waals surface area contributed by atoms with Crippen LogP contribution in [0.4, 0.5) is 5.69 Å². The Balaban J connectivity index is 0. The van der Waals surface area contributed by atoms with Crippen LogP contribution in [0.3, 0.4) is 0 Å². The van der Waals surface area contributed by atoms with Gasteiger partial charge in [0.05, 0.1) is 0 Å². The third-order valence-electron chi connectivity index (χ3n) is 1.58. The van der Waals surface area contributed by atoms with E-state index in [0.717, 1.165) is 16.8 Å². The van der Waals surface area contributed by atoms with Crippen molar-refractivity contribution >= 4 is 30.5 Å². The first kappa shape index (κ1) is 14.1. The molecule has 4 heteroatoms. The molecule has 0 radical (unpaired) electrons. The van der Waals surface area contributed by atoms with Gasteiger partial charge in [-0.3, -0.25) is 0 Å². The molecule has 0 unspecified atom stereocenters. The lowest BCUT2D eigenvalue weighted by molar-refractivity contribution is 1.07. The van der Waals surface area contributed by atoms with Gasteiger partial charge in [-0.25, -0.2) is 0 Å². The molecule has 0 aliphatic heterocycles. The van der Waals surface area contributed by atoms with Gasteiger partial charge in [0.2, 0.25) is 0 Å². The quantitative estimate of drug-likeness (QED) is 0.694. The molecule has 0 aliphatic carbocycles. The van der Waals surface area contributed by atoms with Crippen LogP contribution in [0.25, 0.3) is 0 Å². The number of nitrogens with two attached hydrogens (primary N) is 2. The summed E-state index contributed by atoms with van der Waals surface area (Å²) in [5, 5.41) is 0. The van der Waals surface area contributed by atoms with Crippen molar-refractivity contribution in [3.05, 3.63) is 29.3 Å². The highest BCUT2D eigenvalue weighted by molar-refractivity contribution is 5.85. The maximum absolute atomic E-state index is 5.64. The molecule has 0 heterocycles. The highest BCUT2D eigenvalue weighted by atomic mass is 35.5. The number of rotatable bonds is 1. The average Bonchev–Trinajstić information content (AvgIpc) is 1.95. The second-order valence-corrected chi connectivity index (χ2v) is 2.40. The number of hydrogen-bond acceptors (Lipinski definition) is 2. The van der Waals surface area contributed by atoms with Gasteiger partial charge >= 0.3 is 0 Å². The smallest absolute Gasteiger partial charge is 0.0346 e. The first-order chi connectivity index (χ1) is 4.74.